The molecule has 5 rings (SSSR count). The number of nitrogens with one attached hydrogen (secondary N) is 1. The third-order valence-corrected chi connectivity index (χ3v) is 6.56. The molecule has 1 heterocycles. The van der Waals surface area contributed by atoms with Crippen molar-refractivity contribution < 1.29 is 14.6 Å². The summed E-state index contributed by atoms with van der Waals surface area (Å²) in [6, 6.07) is 30.4. The van der Waals surface area contributed by atoms with Crippen molar-refractivity contribution in [3.05, 3.63) is 113 Å². The molecule has 4 nitrogen and oxygen atoms in total. The van der Waals surface area contributed by atoms with Gasteiger partial charge in [0.1, 0.15) is 11.9 Å². The Morgan fingerprint density at radius 2 is 1.74 bits per heavy atom. The number of ether oxygens (including phenoxy) is 1. The van der Waals surface area contributed by atoms with Crippen LogP contribution in [0.4, 0.5) is 0 Å². The van der Waals surface area contributed by atoms with Crippen LogP contribution in [0.1, 0.15) is 52.4 Å². The van der Waals surface area contributed by atoms with Crippen molar-refractivity contribution in [2.24, 2.45) is 0 Å². The van der Waals surface area contributed by atoms with E-state index in [1.54, 1.807) is 12.1 Å². The Morgan fingerprint density at radius 3 is 2.59 bits per heavy atom. The number of rotatable bonds is 6. The molecule has 174 valence electrons. The van der Waals surface area contributed by atoms with Crippen LogP contribution in [0.15, 0.2) is 91.0 Å². The molecule has 0 amide bonds. The first-order valence-corrected chi connectivity index (χ1v) is 11.4. The first-order chi connectivity index (χ1) is 16.1. The van der Waals surface area contributed by atoms with Crippen molar-refractivity contribution >= 4 is 29.1 Å². The van der Waals surface area contributed by atoms with E-state index in [0.29, 0.717) is 12.1 Å². The highest BCUT2D eigenvalue weighted by Crippen LogP contribution is 2.40. The van der Waals surface area contributed by atoms with Crippen molar-refractivity contribution in [3.63, 3.8) is 0 Å². The molecule has 4 aromatic rings. The van der Waals surface area contributed by atoms with Gasteiger partial charge in [-0.2, -0.15) is 0 Å². The molecule has 1 aliphatic rings. The maximum Gasteiger partial charge on any atom is 0.335 e. The van der Waals surface area contributed by atoms with Gasteiger partial charge in [-0.25, -0.2) is 4.79 Å². The van der Waals surface area contributed by atoms with Crippen LogP contribution in [0.5, 0.6) is 5.75 Å². The lowest BCUT2D eigenvalue weighted by molar-refractivity contribution is 0.0696. The molecule has 0 aliphatic carbocycles. The molecule has 5 heteroatoms. The van der Waals surface area contributed by atoms with Crippen LogP contribution in [0.25, 0.3) is 10.8 Å². The summed E-state index contributed by atoms with van der Waals surface area (Å²) in [7, 11) is 0. The lowest BCUT2D eigenvalue weighted by Crippen LogP contribution is -2.37. The minimum atomic E-state index is -0.903. The molecular formula is C29H28ClNO3. The average Bonchev–Trinajstić information content (AvgIpc) is 2.86. The van der Waals surface area contributed by atoms with E-state index < -0.39 is 5.97 Å². The Kier molecular flexibility index (Phi) is 7.20. The smallest absolute Gasteiger partial charge is 0.335 e. The lowest BCUT2D eigenvalue weighted by atomic mass is 9.83. The predicted molar refractivity (Wildman–Crippen MR) is 138 cm³/mol. The summed E-state index contributed by atoms with van der Waals surface area (Å²) in [5, 5.41) is 15.6. The fraction of sp³-hybridized carbons (Fsp3) is 0.207. The quantitative estimate of drug-likeness (QED) is 0.331. The zero-order valence-corrected chi connectivity index (χ0v) is 19.8. The van der Waals surface area contributed by atoms with Gasteiger partial charge in [0.25, 0.3) is 0 Å². The number of fused-ring (bicyclic) bond motifs is 2. The van der Waals surface area contributed by atoms with Crippen molar-refractivity contribution in [1.82, 2.24) is 5.32 Å². The molecule has 4 aromatic carbocycles. The fourth-order valence-electron chi connectivity index (χ4n) is 4.87. The van der Waals surface area contributed by atoms with Gasteiger partial charge in [0.15, 0.2) is 0 Å². The summed E-state index contributed by atoms with van der Waals surface area (Å²) in [5.41, 5.74) is 3.71. The van der Waals surface area contributed by atoms with Crippen LogP contribution in [0.2, 0.25) is 0 Å². The van der Waals surface area contributed by atoms with E-state index in [9.17, 15) is 9.90 Å². The number of carboxylic acid groups (broad SMARTS) is 1. The number of aromatic carboxylic acids is 1. The number of hydrogen-bond acceptors (Lipinski definition) is 3. The van der Waals surface area contributed by atoms with E-state index in [2.05, 4.69) is 60.8 Å². The first-order valence-electron chi connectivity index (χ1n) is 11.4. The molecule has 0 saturated heterocycles. The van der Waals surface area contributed by atoms with Gasteiger partial charge >= 0.3 is 5.97 Å². The van der Waals surface area contributed by atoms with Gasteiger partial charge in [-0.15, -0.1) is 12.4 Å². The minimum absolute atomic E-state index is 0. The summed E-state index contributed by atoms with van der Waals surface area (Å²) in [6.45, 7) is 2.89. The zero-order chi connectivity index (χ0) is 22.8. The number of halogens is 1. The van der Waals surface area contributed by atoms with Crippen LogP contribution in [0, 0.1) is 0 Å². The monoisotopic (exact) mass is 473 g/mol. The van der Waals surface area contributed by atoms with E-state index in [-0.39, 0.29) is 30.5 Å². The Labute approximate surface area is 206 Å². The van der Waals surface area contributed by atoms with Crippen LogP contribution >= 0.6 is 12.4 Å². The second kappa shape index (κ2) is 10.3. The molecule has 0 bridgehead atoms. The predicted octanol–water partition coefficient (Wildman–Crippen LogP) is 6.59. The molecule has 0 aromatic heterocycles. The summed E-state index contributed by atoms with van der Waals surface area (Å²) < 4.78 is 6.36. The normalized spacial score (nSPS) is 17.8. The number of para-hydroxylation sites is 1. The molecule has 0 saturated carbocycles. The van der Waals surface area contributed by atoms with Crippen molar-refractivity contribution in [1.29, 1.82) is 0 Å². The third kappa shape index (κ3) is 4.79. The topological polar surface area (TPSA) is 58.6 Å². The third-order valence-electron chi connectivity index (χ3n) is 6.56. The van der Waals surface area contributed by atoms with Gasteiger partial charge in [-0.3, -0.25) is 0 Å². The second-order valence-electron chi connectivity index (χ2n) is 8.69. The van der Waals surface area contributed by atoms with Gasteiger partial charge in [0, 0.05) is 24.1 Å². The molecule has 2 N–H and O–H groups in total. The average molecular weight is 474 g/mol. The van der Waals surface area contributed by atoms with Gasteiger partial charge in [0.05, 0.1) is 5.56 Å². The Morgan fingerprint density at radius 1 is 1.00 bits per heavy atom. The van der Waals surface area contributed by atoms with Crippen LogP contribution in [-0.2, 0) is 0 Å². The van der Waals surface area contributed by atoms with Crippen LogP contribution < -0.4 is 10.1 Å². The molecule has 3 atom stereocenters. The van der Waals surface area contributed by atoms with Gasteiger partial charge in [-0.1, -0.05) is 72.8 Å². The molecule has 0 radical (unpaired) electrons. The summed E-state index contributed by atoms with van der Waals surface area (Å²) in [4.78, 5) is 11.5. The van der Waals surface area contributed by atoms with E-state index in [0.717, 1.165) is 23.3 Å². The number of hydrogen-bond donors (Lipinski definition) is 2. The number of benzene rings is 4. The Balaban J connectivity index is 0.00000274. The SMILES string of the molecule is C[C@@H](NC[C@H]1C[C@H](c2cccc(C(=O)O)c2)c2ccccc2O1)c1cccc2ccccc12.Cl. The maximum atomic E-state index is 11.5. The van der Waals surface area contributed by atoms with E-state index in [1.807, 2.05) is 30.3 Å². The summed E-state index contributed by atoms with van der Waals surface area (Å²) >= 11 is 0. The highest BCUT2D eigenvalue weighted by molar-refractivity contribution is 5.88. The van der Waals surface area contributed by atoms with Crippen LogP contribution in [0.3, 0.4) is 0 Å². The number of carbonyl (C=O) groups is 1. The summed E-state index contributed by atoms with van der Waals surface area (Å²) in [5.74, 6) is 0.0623. The standard InChI is InChI=1S/C29H27NO3.ClH/c1-19(24-14-7-9-20-8-2-3-12-25(20)24)30-18-23-17-27(26-13-4-5-15-28(26)33-23)21-10-6-11-22(16-21)29(31)32;/h2-16,19,23,27,30H,17-18H2,1H3,(H,31,32);1H/t19-,23-,27-;/m1./s1. The van der Waals surface area contributed by atoms with Crippen molar-refractivity contribution in [2.75, 3.05) is 6.54 Å². The molecule has 0 fully saturated rings. The molecule has 0 spiro atoms. The Hall–Kier alpha value is -3.34. The zero-order valence-electron chi connectivity index (χ0n) is 19.0. The molecule has 1 aliphatic heterocycles. The van der Waals surface area contributed by atoms with Gasteiger partial charge in [0.2, 0.25) is 0 Å². The highest BCUT2D eigenvalue weighted by Gasteiger charge is 2.30. The molecule has 0 unspecified atom stereocenters. The lowest BCUT2D eigenvalue weighted by Gasteiger charge is -2.33. The second-order valence-corrected chi connectivity index (χ2v) is 8.69. The van der Waals surface area contributed by atoms with E-state index >= 15 is 0 Å². The van der Waals surface area contributed by atoms with Crippen molar-refractivity contribution in [2.45, 2.75) is 31.4 Å². The van der Waals surface area contributed by atoms with Crippen LogP contribution in [-0.4, -0.2) is 23.7 Å². The van der Waals surface area contributed by atoms with Gasteiger partial charge in [-0.05, 0) is 53.4 Å². The maximum absolute atomic E-state index is 11.5. The summed E-state index contributed by atoms with van der Waals surface area (Å²) in [6.07, 6.45) is 0.769. The highest BCUT2D eigenvalue weighted by atomic mass is 35.5. The fourth-order valence-corrected chi connectivity index (χ4v) is 4.87. The molecular weight excluding hydrogens is 446 g/mol. The van der Waals surface area contributed by atoms with Crippen molar-refractivity contribution in [3.8, 4) is 5.75 Å². The number of carboxylic acids is 1. The van der Waals surface area contributed by atoms with E-state index in [4.69, 9.17) is 4.74 Å². The van der Waals surface area contributed by atoms with E-state index in [1.165, 1.54) is 16.3 Å². The van der Waals surface area contributed by atoms with Gasteiger partial charge < -0.3 is 15.2 Å². The largest absolute Gasteiger partial charge is 0.489 e. The Bertz CT molecular complexity index is 1300. The molecule has 34 heavy (non-hydrogen) atoms. The minimum Gasteiger partial charge on any atom is -0.489 e. The first kappa shape index (κ1) is 23.8.